The van der Waals surface area contributed by atoms with E-state index in [0.717, 1.165) is 16.9 Å². The van der Waals surface area contributed by atoms with Crippen LogP contribution >= 0.6 is 11.3 Å². The van der Waals surface area contributed by atoms with Crippen molar-refractivity contribution in [2.24, 2.45) is 0 Å². The van der Waals surface area contributed by atoms with Gasteiger partial charge in [-0.05, 0) is 25.8 Å². The summed E-state index contributed by atoms with van der Waals surface area (Å²) in [6, 6.07) is 0. The van der Waals surface area contributed by atoms with E-state index in [9.17, 15) is 14.4 Å². The molecule has 0 fully saturated rings. The Kier molecular flexibility index (Phi) is 5.49. The summed E-state index contributed by atoms with van der Waals surface area (Å²) in [4.78, 5) is 41.5. The average Bonchev–Trinajstić information content (AvgIpc) is 2.81. The van der Waals surface area contributed by atoms with Crippen molar-refractivity contribution in [2.45, 2.75) is 33.7 Å². The van der Waals surface area contributed by atoms with Crippen LogP contribution in [-0.4, -0.2) is 34.6 Å². The molecule has 0 aliphatic heterocycles. The van der Waals surface area contributed by atoms with Gasteiger partial charge in [0, 0.05) is 11.4 Å². The first-order valence-electron chi connectivity index (χ1n) is 7.31. The lowest BCUT2D eigenvalue weighted by molar-refractivity contribution is -0.149. The second-order valence-electron chi connectivity index (χ2n) is 5.15. The van der Waals surface area contributed by atoms with Gasteiger partial charge >= 0.3 is 5.97 Å². The minimum Gasteiger partial charge on any atom is -0.454 e. The Bertz CT molecular complexity index is 794. The summed E-state index contributed by atoms with van der Waals surface area (Å²) in [5.41, 5.74) is 0.605. The van der Waals surface area contributed by atoms with Crippen LogP contribution in [0.5, 0.6) is 0 Å². The van der Waals surface area contributed by atoms with Crippen molar-refractivity contribution in [1.82, 2.24) is 14.9 Å². The van der Waals surface area contributed by atoms with Crippen LogP contribution in [-0.2, 0) is 20.9 Å². The summed E-state index contributed by atoms with van der Waals surface area (Å²) < 4.78 is 6.07. The van der Waals surface area contributed by atoms with E-state index in [1.807, 2.05) is 20.8 Å². The van der Waals surface area contributed by atoms with Crippen molar-refractivity contribution >= 4 is 33.4 Å². The van der Waals surface area contributed by atoms with Crippen molar-refractivity contribution in [1.29, 1.82) is 0 Å². The predicted molar refractivity (Wildman–Crippen MR) is 87.6 cm³/mol. The SMILES string of the molecule is CCCNC(=O)COC(=O)Cn1cnc2sc(C)c(C)c2c1=O. The number of esters is 1. The van der Waals surface area contributed by atoms with Gasteiger partial charge in [0.05, 0.1) is 11.7 Å². The average molecular weight is 337 g/mol. The van der Waals surface area contributed by atoms with Gasteiger partial charge < -0.3 is 10.1 Å². The molecule has 0 aliphatic carbocycles. The molecule has 0 aromatic carbocycles. The van der Waals surface area contributed by atoms with E-state index < -0.39 is 5.97 Å². The van der Waals surface area contributed by atoms with E-state index in [0.29, 0.717) is 16.8 Å². The maximum atomic E-state index is 12.4. The Morgan fingerprint density at radius 2 is 2.13 bits per heavy atom. The van der Waals surface area contributed by atoms with E-state index in [-0.39, 0.29) is 24.6 Å². The maximum absolute atomic E-state index is 12.4. The fourth-order valence-corrected chi connectivity index (χ4v) is 3.02. The minimum atomic E-state index is -0.649. The number of carbonyl (C=O) groups is 2. The largest absolute Gasteiger partial charge is 0.454 e. The highest BCUT2D eigenvalue weighted by Gasteiger charge is 2.14. The van der Waals surface area contributed by atoms with Gasteiger partial charge in [-0.1, -0.05) is 6.92 Å². The monoisotopic (exact) mass is 337 g/mol. The van der Waals surface area contributed by atoms with Crippen LogP contribution in [0.25, 0.3) is 10.2 Å². The molecule has 2 aromatic rings. The summed E-state index contributed by atoms with van der Waals surface area (Å²) in [5, 5.41) is 3.13. The van der Waals surface area contributed by atoms with Crippen LogP contribution in [0.15, 0.2) is 11.1 Å². The molecule has 2 rings (SSSR count). The Hall–Kier alpha value is -2.22. The molecule has 0 radical (unpaired) electrons. The van der Waals surface area contributed by atoms with Crippen molar-refractivity contribution in [3.05, 3.63) is 27.1 Å². The third-order valence-electron chi connectivity index (χ3n) is 3.39. The summed E-state index contributed by atoms with van der Waals surface area (Å²) in [6.45, 7) is 5.63. The van der Waals surface area contributed by atoms with Gasteiger partial charge in [0.15, 0.2) is 6.61 Å². The van der Waals surface area contributed by atoms with Gasteiger partial charge in [-0.25, -0.2) is 4.98 Å². The molecule has 7 nitrogen and oxygen atoms in total. The lowest BCUT2D eigenvalue weighted by Gasteiger charge is -2.07. The molecule has 0 spiro atoms. The van der Waals surface area contributed by atoms with Gasteiger partial charge in [-0.2, -0.15) is 0 Å². The lowest BCUT2D eigenvalue weighted by Crippen LogP contribution is -2.31. The Labute approximate surface area is 137 Å². The molecule has 1 amide bonds. The molecule has 8 heteroatoms. The fourth-order valence-electron chi connectivity index (χ4n) is 2.03. The minimum absolute atomic E-state index is 0.267. The van der Waals surface area contributed by atoms with Gasteiger partial charge in [0.2, 0.25) is 0 Å². The maximum Gasteiger partial charge on any atom is 0.326 e. The Morgan fingerprint density at radius 1 is 1.39 bits per heavy atom. The zero-order chi connectivity index (χ0) is 17.0. The number of aromatic nitrogens is 2. The van der Waals surface area contributed by atoms with E-state index >= 15 is 0 Å². The number of nitrogens with one attached hydrogen (secondary N) is 1. The lowest BCUT2D eigenvalue weighted by atomic mass is 10.2. The topological polar surface area (TPSA) is 90.3 Å². The number of carbonyl (C=O) groups excluding carboxylic acids is 2. The molecule has 2 aromatic heterocycles. The molecule has 0 aliphatic rings. The zero-order valence-corrected chi connectivity index (χ0v) is 14.2. The van der Waals surface area contributed by atoms with Crippen LogP contribution in [0.1, 0.15) is 23.8 Å². The van der Waals surface area contributed by atoms with Crippen molar-refractivity contribution in [2.75, 3.05) is 13.2 Å². The number of nitrogens with zero attached hydrogens (tertiary/aromatic N) is 2. The molecule has 0 atom stereocenters. The van der Waals surface area contributed by atoms with E-state index in [1.165, 1.54) is 22.2 Å². The number of hydrogen-bond donors (Lipinski definition) is 1. The third-order valence-corrected chi connectivity index (χ3v) is 4.51. The smallest absolute Gasteiger partial charge is 0.326 e. The van der Waals surface area contributed by atoms with E-state index in [1.54, 1.807) is 0 Å². The molecule has 23 heavy (non-hydrogen) atoms. The van der Waals surface area contributed by atoms with Crippen LogP contribution < -0.4 is 10.9 Å². The predicted octanol–water partition coefficient (Wildman–Crippen LogP) is 1.14. The first-order valence-corrected chi connectivity index (χ1v) is 8.13. The quantitative estimate of drug-likeness (QED) is 0.799. The van der Waals surface area contributed by atoms with Gasteiger partial charge in [0.1, 0.15) is 11.4 Å². The summed E-state index contributed by atoms with van der Waals surface area (Å²) >= 11 is 1.45. The van der Waals surface area contributed by atoms with Crippen molar-refractivity contribution < 1.29 is 14.3 Å². The van der Waals surface area contributed by atoms with E-state index in [4.69, 9.17) is 4.74 Å². The van der Waals surface area contributed by atoms with Crippen LogP contribution in [0.4, 0.5) is 0 Å². The number of ether oxygens (including phenoxy) is 1. The zero-order valence-electron chi connectivity index (χ0n) is 13.3. The summed E-state index contributed by atoms with van der Waals surface area (Å²) in [5.74, 6) is -1.00. The molecule has 0 saturated heterocycles. The van der Waals surface area contributed by atoms with Crippen molar-refractivity contribution in [3.8, 4) is 0 Å². The highest BCUT2D eigenvalue weighted by molar-refractivity contribution is 7.18. The van der Waals surface area contributed by atoms with Crippen LogP contribution in [0.2, 0.25) is 0 Å². The highest BCUT2D eigenvalue weighted by Crippen LogP contribution is 2.25. The second-order valence-corrected chi connectivity index (χ2v) is 6.35. The number of amides is 1. The van der Waals surface area contributed by atoms with Crippen molar-refractivity contribution in [3.63, 3.8) is 0 Å². The molecular weight excluding hydrogens is 318 g/mol. The molecule has 0 unspecified atom stereocenters. The summed E-state index contributed by atoms with van der Waals surface area (Å²) in [7, 11) is 0. The second kappa shape index (κ2) is 7.36. The Morgan fingerprint density at radius 3 is 2.83 bits per heavy atom. The molecule has 2 heterocycles. The normalized spacial score (nSPS) is 10.7. The number of hydrogen-bond acceptors (Lipinski definition) is 6. The van der Waals surface area contributed by atoms with Gasteiger partial charge in [0.25, 0.3) is 11.5 Å². The molecule has 1 N–H and O–H groups in total. The fraction of sp³-hybridized carbons (Fsp3) is 0.467. The van der Waals surface area contributed by atoms with Gasteiger partial charge in [-0.3, -0.25) is 19.0 Å². The third kappa shape index (κ3) is 3.95. The standard InChI is InChI=1S/C15H19N3O4S/c1-4-5-16-11(19)7-22-12(20)6-18-8-17-14-13(15(18)21)9(2)10(3)23-14/h8H,4-7H2,1-3H3,(H,16,19). The first kappa shape index (κ1) is 17.1. The van der Waals surface area contributed by atoms with Crippen LogP contribution in [0, 0.1) is 13.8 Å². The molecule has 0 bridgehead atoms. The first-order chi connectivity index (χ1) is 10.9. The van der Waals surface area contributed by atoms with Crippen LogP contribution in [0.3, 0.4) is 0 Å². The summed E-state index contributed by atoms with van der Waals surface area (Å²) in [6.07, 6.45) is 2.14. The number of aryl methyl sites for hydroxylation is 2. The van der Waals surface area contributed by atoms with E-state index in [2.05, 4.69) is 10.3 Å². The molecule has 0 saturated carbocycles. The number of thiophene rings is 1. The van der Waals surface area contributed by atoms with Gasteiger partial charge in [-0.15, -0.1) is 11.3 Å². The highest BCUT2D eigenvalue weighted by atomic mass is 32.1. The Balaban J connectivity index is 2.05. The number of rotatable bonds is 6. The molecule has 124 valence electrons. The number of fused-ring (bicyclic) bond motifs is 1. The molecular formula is C15H19N3O4S.